The van der Waals surface area contributed by atoms with Crippen LogP contribution in [0.5, 0.6) is 11.5 Å². The van der Waals surface area contributed by atoms with E-state index in [1.807, 2.05) is 0 Å². The van der Waals surface area contributed by atoms with Crippen LogP contribution in [-0.4, -0.2) is 16.6 Å². The minimum absolute atomic E-state index is 0.0390. The van der Waals surface area contributed by atoms with Gasteiger partial charge in [0.25, 0.3) is 0 Å². The molecule has 0 aliphatic rings. The predicted molar refractivity (Wildman–Crippen MR) is 70.0 cm³/mol. The number of aliphatic hydroxyl groups is 1. The normalized spacial score (nSPS) is 11.4. The Labute approximate surface area is 119 Å². The fourth-order valence-electron chi connectivity index (χ4n) is 1.89. The van der Waals surface area contributed by atoms with Crippen molar-refractivity contribution in [2.24, 2.45) is 0 Å². The first-order valence-electron chi connectivity index (χ1n) is 6.14. The van der Waals surface area contributed by atoms with Gasteiger partial charge < -0.3 is 14.9 Å². The molecule has 0 bridgehead atoms. The number of ether oxygens (including phenoxy) is 1. The molecule has 0 aromatic heterocycles. The lowest BCUT2D eigenvalue weighted by molar-refractivity contribution is -0.274. The van der Waals surface area contributed by atoms with Crippen LogP contribution in [0.15, 0.2) is 42.5 Å². The number of rotatable bonds is 4. The molecule has 0 aliphatic heterocycles. The number of halogens is 3. The van der Waals surface area contributed by atoms with E-state index in [9.17, 15) is 18.3 Å². The van der Waals surface area contributed by atoms with Crippen LogP contribution in [0.4, 0.5) is 13.2 Å². The van der Waals surface area contributed by atoms with E-state index in [2.05, 4.69) is 4.74 Å². The fraction of sp³-hybridized carbons (Fsp3) is 0.200. The lowest BCUT2D eigenvalue weighted by Crippen LogP contribution is -2.17. The van der Waals surface area contributed by atoms with Gasteiger partial charge in [-0.15, -0.1) is 13.2 Å². The Balaban J connectivity index is 2.10. The maximum Gasteiger partial charge on any atom is 0.573 e. The minimum Gasteiger partial charge on any atom is -0.508 e. The summed E-state index contributed by atoms with van der Waals surface area (Å²) in [6, 6.07) is 10.2. The van der Waals surface area contributed by atoms with Crippen molar-refractivity contribution in [1.82, 2.24) is 0 Å². The van der Waals surface area contributed by atoms with Gasteiger partial charge in [0.05, 0.1) is 6.61 Å². The summed E-state index contributed by atoms with van der Waals surface area (Å²) >= 11 is 0. The molecule has 0 atom stereocenters. The van der Waals surface area contributed by atoms with Gasteiger partial charge in [0.2, 0.25) is 0 Å². The molecule has 0 saturated carbocycles. The molecule has 2 aromatic rings. The quantitative estimate of drug-likeness (QED) is 0.910. The Bertz CT molecular complexity index is 607. The first-order valence-corrected chi connectivity index (χ1v) is 6.14. The highest BCUT2D eigenvalue weighted by molar-refractivity contribution is 5.40. The van der Waals surface area contributed by atoms with Crippen molar-refractivity contribution < 1.29 is 28.1 Å². The van der Waals surface area contributed by atoms with Gasteiger partial charge in [0, 0.05) is 6.42 Å². The summed E-state index contributed by atoms with van der Waals surface area (Å²) in [4.78, 5) is 0. The largest absolute Gasteiger partial charge is 0.573 e. The minimum atomic E-state index is -4.71. The summed E-state index contributed by atoms with van der Waals surface area (Å²) in [5.41, 5.74) is 1.94. The maximum absolute atomic E-state index is 12.0. The van der Waals surface area contributed by atoms with E-state index >= 15 is 0 Å². The molecule has 0 saturated heterocycles. The second-order valence-corrected chi connectivity index (χ2v) is 4.49. The standard InChI is InChI=1S/C15H13F3O3/c16-15(17,18)21-13-5-2-10(3-6-13)7-12-4-1-11(9-19)8-14(12)20/h1-6,8,19-20H,7,9H2. The number of alkyl halides is 3. The molecule has 3 nitrogen and oxygen atoms in total. The maximum atomic E-state index is 12.0. The summed E-state index contributed by atoms with van der Waals surface area (Å²) in [5.74, 6) is -0.247. The van der Waals surface area contributed by atoms with Crippen molar-refractivity contribution in [3.8, 4) is 11.5 Å². The van der Waals surface area contributed by atoms with Crippen LogP contribution in [0.1, 0.15) is 16.7 Å². The van der Waals surface area contributed by atoms with Gasteiger partial charge in [-0.1, -0.05) is 24.3 Å². The van der Waals surface area contributed by atoms with Crippen LogP contribution in [0.2, 0.25) is 0 Å². The number of phenolic OH excluding ortho intramolecular Hbond substituents is 1. The van der Waals surface area contributed by atoms with E-state index in [1.54, 1.807) is 12.1 Å². The Morgan fingerprint density at radius 2 is 1.57 bits per heavy atom. The molecule has 0 unspecified atom stereocenters. The molecule has 0 fully saturated rings. The SMILES string of the molecule is OCc1ccc(Cc2ccc(OC(F)(F)F)cc2)c(O)c1. The average Bonchev–Trinajstić information content (AvgIpc) is 2.41. The molecule has 2 aromatic carbocycles. The van der Waals surface area contributed by atoms with Crippen molar-refractivity contribution >= 4 is 0 Å². The van der Waals surface area contributed by atoms with Crippen molar-refractivity contribution in [2.75, 3.05) is 0 Å². The Morgan fingerprint density at radius 3 is 2.10 bits per heavy atom. The number of benzene rings is 2. The molecule has 0 heterocycles. The molecule has 0 spiro atoms. The summed E-state index contributed by atoms with van der Waals surface area (Å²) < 4.78 is 39.9. The Hall–Kier alpha value is -2.21. The van der Waals surface area contributed by atoms with Crippen LogP contribution in [-0.2, 0) is 13.0 Å². The van der Waals surface area contributed by atoms with Crippen LogP contribution >= 0.6 is 0 Å². The van der Waals surface area contributed by atoms with Gasteiger partial charge >= 0.3 is 6.36 Å². The van der Waals surface area contributed by atoms with Gasteiger partial charge in [0.15, 0.2) is 0 Å². The van der Waals surface area contributed by atoms with Crippen LogP contribution in [0.3, 0.4) is 0 Å². The van der Waals surface area contributed by atoms with Crippen molar-refractivity contribution in [3.05, 3.63) is 59.2 Å². The Kier molecular flexibility index (Phi) is 4.37. The van der Waals surface area contributed by atoms with Gasteiger partial charge in [-0.2, -0.15) is 0 Å². The van der Waals surface area contributed by atoms with Gasteiger partial charge in [0.1, 0.15) is 11.5 Å². The third-order valence-corrected chi connectivity index (χ3v) is 2.88. The summed E-state index contributed by atoms with van der Waals surface area (Å²) in [6.07, 6.45) is -4.34. The molecule has 2 rings (SSSR count). The summed E-state index contributed by atoms with van der Waals surface area (Å²) in [7, 11) is 0. The molecule has 0 amide bonds. The van der Waals surface area contributed by atoms with Crippen molar-refractivity contribution in [1.29, 1.82) is 0 Å². The number of hydrogen-bond acceptors (Lipinski definition) is 3. The van der Waals surface area contributed by atoms with E-state index in [1.165, 1.54) is 30.3 Å². The van der Waals surface area contributed by atoms with Crippen LogP contribution < -0.4 is 4.74 Å². The van der Waals surface area contributed by atoms with E-state index < -0.39 is 6.36 Å². The molecule has 21 heavy (non-hydrogen) atoms. The lowest BCUT2D eigenvalue weighted by Gasteiger charge is -2.10. The first-order chi connectivity index (χ1) is 9.87. The molecule has 0 radical (unpaired) electrons. The van der Waals surface area contributed by atoms with Gasteiger partial charge in [-0.25, -0.2) is 0 Å². The monoisotopic (exact) mass is 298 g/mol. The van der Waals surface area contributed by atoms with Crippen LogP contribution in [0, 0.1) is 0 Å². The molecule has 0 aliphatic carbocycles. The molecule has 6 heteroatoms. The number of phenols is 1. The van der Waals surface area contributed by atoms with E-state index in [-0.39, 0.29) is 18.1 Å². The van der Waals surface area contributed by atoms with Gasteiger partial charge in [-0.3, -0.25) is 0 Å². The summed E-state index contributed by atoms with van der Waals surface area (Å²) in [5, 5.41) is 18.8. The van der Waals surface area contributed by atoms with E-state index in [0.29, 0.717) is 17.5 Å². The third kappa shape index (κ3) is 4.39. The first kappa shape index (κ1) is 15.2. The highest BCUT2D eigenvalue weighted by Gasteiger charge is 2.30. The van der Waals surface area contributed by atoms with Crippen molar-refractivity contribution in [2.45, 2.75) is 19.4 Å². The smallest absolute Gasteiger partial charge is 0.508 e. The number of aromatic hydroxyl groups is 1. The number of aliphatic hydroxyl groups excluding tert-OH is 1. The molecular formula is C15H13F3O3. The van der Waals surface area contributed by atoms with Gasteiger partial charge in [-0.05, 0) is 34.9 Å². The lowest BCUT2D eigenvalue weighted by atomic mass is 10.0. The second kappa shape index (κ2) is 6.05. The zero-order chi connectivity index (χ0) is 15.5. The third-order valence-electron chi connectivity index (χ3n) is 2.88. The fourth-order valence-corrected chi connectivity index (χ4v) is 1.89. The Morgan fingerprint density at radius 1 is 0.952 bits per heavy atom. The highest BCUT2D eigenvalue weighted by atomic mass is 19.4. The molecular weight excluding hydrogens is 285 g/mol. The van der Waals surface area contributed by atoms with E-state index in [0.717, 1.165) is 5.56 Å². The van der Waals surface area contributed by atoms with E-state index in [4.69, 9.17) is 5.11 Å². The molecule has 2 N–H and O–H groups in total. The van der Waals surface area contributed by atoms with Crippen molar-refractivity contribution in [3.63, 3.8) is 0 Å². The molecule has 112 valence electrons. The summed E-state index contributed by atoms with van der Waals surface area (Å²) in [6.45, 7) is -0.169. The highest BCUT2D eigenvalue weighted by Crippen LogP contribution is 2.25. The second-order valence-electron chi connectivity index (χ2n) is 4.49. The van der Waals surface area contributed by atoms with Crippen LogP contribution in [0.25, 0.3) is 0 Å². The average molecular weight is 298 g/mol. The number of hydrogen-bond donors (Lipinski definition) is 2. The topological polar surface area (TPSA) is 49.7 Å². The zero-order valence-corrected chi connectivity index (χ0v) is 10.9. The predicted octanol–water partition coefficient (Wildman–Crippen LogP) is 3.37. The zero-order valence-electron chi connectivity index (χ0n) is 10.9.